The van der Waals surface area contributed by atoms with Crippen LogP contribution in [0, 0.1) is 0 Å². The minimum Gasteiger partial charge on any atom is -0.497 e. The van der Waals surface area contributed by atoms with Crippen molar-refractivity contribution in [2.24, 2.45) is 0 Å². The quantitative estimate of drug-likeness (QED) is 0.914. The van der Waals surface area contributed by atoms with Crippen molar-refractivity contribution in [1.82, 2.24) is 14.8 Å². The molecule has 1 N–H and O–H groups in total. The first-order valence-corrected chi connectivity index (χ1v) is 7.18. The third kappa shape index (κ3) is 2.79. The summed E-state index contributed by atoms with van der Waals surface area (Å²) in [6, 6.07) is 5.72. The molecule has 0 saturated heterocycles. The van der Waals surface area contributed by atoms with Gasteiger partial charge in [-0.3, -0.25) is 0 Å². The van der Waals surface area contributed by atoms with Crippen molar-refractivity contribution < 1.29 is 9.47 Å². The summed E-state index contributed by atoms with van der Waals surface area (Å²) in [5.74, 6) is 3.60. The maximum atomic E-state index is 5.39. The van der Waals surface area contributed by atoms with Gasteiger partial charge in [-0.15, -0.1) is 10.2 Å². The molecule has 1 aliphatic heterocycles. The Balaban J connectivity index is 1.74. The van der Waals surface area contributed by atoms with Crippen LogP contribution in [0.5, 0.6) is 11.5 Å². The second-order valence-electron chi connectivity index (χ2n) is 5.06. The van der Waals surface area contributed by atoms with E-state index < -0.39 is 0 Å². The van der Waals surface area contributed by atoms with Crippen LogP contribution in [0.3, 0.4) is 0 Å². The third-order valence-corrected chi connectivity index (χ3v) is 3.78. The number of nitrogens with zero attached hydrogens (tertiary/aromatic N) is 3. The Bertz CT molecular complexity index is 624. The predicted molar refractivity (Wildman–Crippen MR) is 79.8 cm³/mol. The van der Waals surface area contributed by atoms with Crippen LogP contribution in [-0.2, 0) is 19.5 Å². The molecular weight excluding hydrogens is 268 g/mol. The number of methoxy groups -OCH3 is 2. The summed E-state index contributed by atoms with van der Waals surface area (Å²) in [5.41, 5.74) is 0.923. The van der Waals surface area contributed by atoms with Gasteiger partial charge in [0.1, 0.15) is 17.3 Å². The number of aromatic nitrogens is 3. The smallest absolute Gasteiger partial charge is 0.152 e. The first-order chi connectivity index (χ1) is 10.3. The van der Waals surface area contributed by atoms with Gasteiger partial charge in [0, 0.05) is 19.0 Å². The van der Waals surface area contributed by atoms with Gasteiger partial charge in [-0.25, -0.2) is 0 Å². The number of ether oxygens (including phenoxy) is 2. The van der Waals surface area contributed by atoms with Gasteiger partial charge in [0.2, 0.25) is 0 Å². The van der Waals surface area contributed by atoms with Crippen molar-refractivity contribution in [3.63, 3.8) is 0 Å². The van der Waals surface area contributed by atoms with E-state index in [2.05, 4.69) is 20.1 Å². The van der Waals surface area contributed by atoms with Crippen molar-refractivity contribution in [3.05, 3.63) is 29.8 Å². The average Bonchev–Trinajstić information content (AvgIpc) is 2.96. The van der Waals surface area contributed by atoms with E-state index in [1.54, 1.807) is 14.2 Å². The van der Waals surface area contributed by atoms with Gasteiger partial charge in [0.05, 0.1) is 26.5 Å². The number of benzene rings is 1. The van der Waals surface area contributed by atoms with Gasteiger partial charge < -0.3 is 19.4 Å². The zero-order valence-electron chi connectivity index (χ0n) is 12.4. The highest BCUT2D eigenvalue weighted by molar-refractivity contribution is 5.59. The monoisotopic (exact) mass is 288 g/mol. The standard InChI is InChI=1S/C15H20N4O2/c1-20-11-6-7-12(13(9-11)21-2)16-10-15-18-17-14-5-3-4-8-19(14)15/h6-7,9,16H,3-5,8,10H2,1-2H3. The summed E-state index contributed by atoms with van der Waals surface area (Å²) >= 11 is 0. The van der Waals surface area contributed by atoms with Crippen LogP contribution in [0.1, 0.15) is 24.5 Å². The lowest BCUT2D eigenvalue weighted by atomic mass is 10.2. The lowest BCUT2D eigenvalue weighted by molar-refractivity contribution is 0.395. The molecule has 112 valence electrons. The topological polar surface area (TPSA) is 61.2 Å². The van der Waals surface area contributed by atoms with Gasteiger partial charge >= 0.3 is 0 Å². The fourth-order valence-corrected chi connectivity index (χ4v) is 2.62. The van der Waals surface area contributed by atoms with Crippen LogP contribution in [0.4, 0.5) is 5.69 Å². The van der Waals surface area contributed by atoms with E-state index in [0.717, 1.165) is 41.8 Å². The number of hydrogen-bond donors (Lipinski definition) is 1. The van der Waals surface area contributed by atoms with E-state index in [1.165, 1.54) is 12.8 Å². The zero-order valence-corrected chi connectivity index (χ0v) is 12.4. The maximum Gasteiger partial charge on any atom is 0.152 e. The van der Waals surface area contributed by atoms with Crippen molar-refractivity contribution in [3.8, 4) is 11.5 Å². The largest absolute Gasteiger partial charge is 0.497 e. The molecule has 6 heteroatoms. The van der Waals surface area contributed by atoms with Gasteiger partial charge in [0.25, 0.3) is 0 Å². The average molecular weight is 288 g/mol. The van der Waals surface area contributed by atoms with E-state index in [9.17, 15) is 0 Å². The van der Waals surface area contributed by atoms with Gasteiger partial charge in [-0.05, 0) is 25.0 Å². The molecule has 6 nitrogen and oxygen atoms in total. The minimum absolute atomic E-state index is 0.635. The van der Waals surface area contributed by atoms with Crippen LogP contribution < -0.4 is 14.8 Å². The summed E-state index contributed by atoms with van der Waals surface area (Å²) in [5, 5.41) is 11.9. The minimum atomic E-state index is 0.635. The summed E-state index contributed by atoms with van der Waals surface area (Å²) in [4.78, 5) is 0. The van der Waals surface area contributed by atoms with E-state index >= 15 is 0 Å². The third-order valence-electron chi connectivity index (χ3n) is 3.78. The van der Waals surface area contributed by atoms with Crippen molar-refractivity contribution in [1.29, 1.82) is 0 Å². The van der Waals surface area contributed by atoms with Crippen LogP contribution in [-0.4, -0.2) is 29.0 Å². The predicted octanol–water partition coefficient (Wildman–Crippen LogP) is 2.24. The van der Waals surface area contributed by atoms with Crippen LogP contribution in [0.25, 0.3) is 0 Å². The van der Waals surface area contributed by atoms with Crippen LogP contribution >= 0.6 is 0 Å². The molecule has 1 aliphatic rings. The molecule has 0 fully saturated rings. The molecule has 0 aliphatic carbocycles. The van der Waals surface area contributed by atoms with Crippen molar-refractivity contribution in [2.45, 2.75) is 32.4 Å². The first kappa shape index (κ1) is 13.7. The Morgan fingerprint density at radius 2 is 2.10 bits per heavy atom. The summed E-state index contributed by atoms with van der Waals surface area (Å²) in [6.45, 7) is 1.65. The lowest BCUT2D eigenvalue weighted by Gasteiger charge is -2.16. The molecule has 2 heterocycles. The molecule has 0 saturated carbocycles. The van der Waals surface area contributed by atoms with E-state index in [0.29, 0.717) is 6.54 Å². The maximum absolute atomic E-state index is 5.39. The molecule has 1 aromatic carbocycles. The van der Waals surface area contributed by atoms with E-state index in [1.807, 2.05) is 18.2 Å². The zero-order chi connectivity index (χ0) is 14.7. The van der Waals surface area contributed by atoms with Gasteiger partial charge in [-0.1, -0.05) is 0 Å². The molecule has 3 rings (SSSR count). The molecule has 0 unspecified atom stereocenters. The molecule has 0 bridgehead atoms. The summed E-state index contributed by atoms with van der Waals surface area (Å²) in [6.07, 6.45) is 3.43. The highest BCUT2D eigenvalue weighted by Gasteiger charge is 2.15. The Labute approximate surface area is 124 Å². The molecular formula is C15H20N4O2. The Hall–Kier alpha value is -2.24. The summed E-state index contributed by atoms with van der Waals surface area (Å²) < 4.78 is 12.8. The molecule has 2 aromatic rings. The summed E-state index contributed by atoms with van der Waals surface area (Å²) in [7, 11) is 3.29. The number of anilines is 1. The molecule has 21 heavy (non-hydrogen) atoms. The number of hydrogen-bond acceptors (Lipinski definition) is 5. The highest BCUT2D eigenvalue weighted by Crippen LogP contribution is 2.29. The molecule has 0 spiro atoms. The lowest BCUT2D eigenvalue weighted by Crippen LogP contribution is -2.15. The normalized spacial score (nSPS) is 13.6. The Kier molecular flexibility index (Phi) is 3.94. The van der Waals surface area contributed by atoms with Gasteiger partial charge in [0.15, 0.2) is 5.82 Å². The second kappa shape index (κ2) is 6.03. The fourth-order valence-electron chi connectivity index (χ4n) is 2.62. The SMILES string of the molecule is COc1ccc(NCc2nnc3n2CCCC3)c(OC)c1. The van der Waals surface area contributed by atoms with Gasteiger partial charge in [-0.2, -0.15) is 0 Å². The molecule has 0 atom stereocenters. The number of rotatable bonds is 5. The Morgan fingerprint density at radius 1 is 1.19 bits per heavy atom. The van der Waals surface area contributed by atoms with Crippen LogP contribution in [0.15, 0.2) is 18.2 Å². The number of aryl methyl sites for hydroxylation is 1. The second-order valence-corrected chi connectivity index (χ2v) is 5.06. The highest BCUT2D eigenvalue weighted by atomic mass is 16.5. The number of nitrogens with one attached hydrogen (secondary N) is 1. The van der Waals surface area contributed by atoms with E-state index in [-0.39, 0.29) is 0 Å². The number of fused-ring (bicyclic) bond motifs is 1. The Morgan fingerprint density at radius 3 is 2.90 bits per heavy atom. The van der Waals surface area contributed by atoms with Crippen LogP contribution in [0.2, 0.25) is 0 Å². The molecule has 0 amide bonds. The van der Waals surface area contributed by atoms with E-state index in [4.69, 9.17) is 9.47 Å². The van der Waals surface area contributed by atoms with Crippen molar-refractivity contribution in [2.75, 3.05) is 19.5 Å². The molecule has 1 aromatic heterocycles. The fraction of sp³-hybridized carbons (Fsp3) is 0.467. The first-order valence-electron chi connectivity index (χ1n) is 7.18. The van der Waals surface area contributed by atoms with Crippen molar-refractivity contribution >= 4 is 5.69 Å². The molecule has 0 radical (unpaired) electrons.